The zero-order valence-electron chi connectivity index (χ0n) is 14.9. The Bertz CT molecular complexity index is 753. The molecule has 0 atom stereocenters. The number of nitrogens with one attached hydrogen (secondary N) is 1. The normalized spacial score (nSPS) is 11.2. The van der Waals surface area contributed by atoms with Gasteiger partial charge in [-0.25, -0.2) is 9.97 Å². The van der Waals surface area contributed by atoms with Gasteiger partial charge in [0.25, 0.3) is 5.91 Å². The second kappa shape index (κ2) is 8.72. The molecule has 0 aromatic carbocycles. The predicted octanol–water partition coefficient (Wildman–Crippen LogP) is 2.01. The van der Waals surface area contributed by atoms with Crippen LogP contribution in [0.25, 0.3) is 0 Å². The van der Waals surface area contributed by atoms with Crippen LogP contribution >= 0.6 is 11.3 Å². The largest absolute Gasteiger partial charge is 0.475 e. The zero-order chi connectivity index (χ0) is 19.2. The van der Waals surface area contributed by atoms with Gasteiger partial charge in [-0.1, -0.05) is 0 Å². The first-order valence-corrected chi connectivity index (χ1v) is 8.88. The van der Waals surface area contributed by atoms with Crippen molar-refractivity contribution < 1.29 is 19.1 Å². The van der Waals surface area contributed by atoms with Crippen LogP contribution in [0.1, 0.15) is 36.8 Å². The van der Waals surface area contributed by atoms with Crippen LogP contribution in [0.5, 0.6) is 5.88 Å². The van der Waals surface area contributed by atoms with E-state index in [1.807, 2.05) is 20.8 Å². The van der Waals surface area contributed by atoms with Gasteiger partial charge in [-0.2, -0.15) is 0 Å². The lowest BCUT2D eigenvalue weighted by atomic mass is 10.2. The van der Waals surface area contributed by atoms with Gasteiger partial charge in [0.1, 0.15) is 6.61 Å². The van der Waals surface area contributed by atoms with E-state index in [-0.39, 0.29) is 17.9 Å². The lowest BCUT2D eigenvalue weighted by molar-refractivity contribution is -0.117. The predicted molar refractivity (Wildman–Crippen MR) is 98.4 cm³/mol. The minimum Gasteiger partial charge on any atom is -0.475 e. The number of aromatic nitrogens is 2. The van der Waals surface area contributed by atoms with Crippen molar-refractivity contribution in [3.8, 4) is 5.88 Å². The van der Waals surface area contributed by atoms with Crippen LogP contribution < -0.4 is 15.8 Å². The molecule has 2 heterocycles. The van der Waals surface area contributed by atoms with E-state index in [1.165, 1.54) is 17.5 Å². The highest BCUT2D eigenvalue weighted by atomic mass is 32.1. The molecule has 0 aliphatic rings. The van der Waals surface area contributed by atoms with Crippen molar-refractivity contribution in [2.75, 3.05) is 18.5 Å². The molecule has 0 saturated carbocycles. The van der Waals surface area contributed by atoms with E-state index in [2.05, 4.69) is 15.3 Å². The van der Waals surface area contributed by atoms with Crippen molar-refractivity contribution in [3.05, 3.63) is 35.0 Å². The van der Waals surface area contributed by atoms with Gasteiger partial charge in [0.15, 0.2) is 5.13 Å². The van der Waals surface area contributed by atoms with Crippen LogP contribution in [0, 0.1) is 0 Å². The number of thiazole rings is 1. The van der Waals surface area contributed by atoms with Crippen molar-refractivity contribution in [2.45, 2.75) is 32.8 Å². The number of nitrogens with zero attached hydrogens (tertiary/aromatic N) is 2. The summed E-state index contributed by atoms with van der Waals surface area (Å²) in [6.07, 6.45) is 1.46. The first-order valence-electron chi connectivity index (χ1n) is 8.00. The van der Waals surface area contributed by atoms with E-state index in [0.717, 1.165) is 0 Å². The van der Waals surface area contributed by atoms with Gasteiger partial charge in [-0.15, -0.1) is 11.3 Å². The Labute approximate surface area is 155 Å². The Hall–Kier alpha value is -2.52. The van der Waals surface area contributed by atoms with Crippen LogP contribution in [0.3, 0.4) is 0 Å². The fraction of sp³-hybridized carbons (Fsp3) is 0.412. The fourth-order valence-electron chi connectivity index (χ4n) is 1.89. The van der Waals surface area contributed by atoms with E-state index in [0.29, 0.717) is 35.5 Å². The number of carbonyl (C=O) groups excluding carboxylic acids is 2. The van der Waals surface area contributed by atoms with E-state index < -0.39 is 5.91 Å². The Morgan fingerprint density at radius 3 is 2.65 bits per heavy atom. The third kappa shape index (κ3) is 6.77. The number of hydrogen-bond donors (Lipinski definition) is 2. The number of primary amides is 1. The molecule has 0 aliphatic carbocycles. The molecule has 0 saturated heterocycles. The smallest absolute Gasteiger partial charge is 0.259 e. The Balaban J connectivity index is 1.84. The summed E-state index contributed by atoms with van der Waals surface area (Å²) in [4.78, 5) is 31.3. The Morgan fingerprint density at radius 1 is 1.27 bits per heavy atom. The summed E-state index contributed by atoms with van der Waals surface area (Å²) >= 11 is 1.22. The van der Waals surface area contributed by atoms with Crippen LogP contribution in [0.15, 0.2) is 23.7 Å². The van der Waals surface area contributed by atoms with Crippen LogP contribution in [0.2, 0.25) is 0 Å². The lowest BCUT2D eigenvalue weighted by Crippen LogP contribution is -2.22. The average molecular weight is 378 g/mol. The van der Waals surface area contributed by atoms with E-state index in [9.17, 15) is 9.59 Å². The number of anilines is 1. The van der Waals surface area contributed by atoms with Gasteiger partial charge in [0, 0.05) is 17.6 Å². The molecule has 0 radical (unpaired) electrons. The lowest BCUT2D eigenvalue weighted by Gasteiger charge is -2.19. The molecule has 0 fully saturated rings. The monoisotopic (exact) mass is 378 g/mol. The highest BCUT2D eigenvalue weighted by Crippen LogP contribution is 2.17. The summed E-state index contributed by atoms with van der Waals surface area (Å²) in [7, 11) is 0. The molecule has 2 amide bonds. The summed E-state index contributed by atoms with van der Waals surface area (Å²) in [6.45, 7) is 6.73. The number of carbonyl (C=O) groups is 2. The van der Waals surface area contributed by atoms with Gasteiger partial charge < -0.3 is 15.2 Å². The van der Waals surface area contributed by atoms with Crippen molar-refractivity contribution in [2.24, 2.45) is 5.73 Å². The maximum atomic E-state index is 12.2. The number of rotatable bonds is 8. The summed E-state index contributed by atoms with van der Waals surface area (Å²) in [5.41, 5.74) is 5.79. The second-order valence-electron chi connectivity index (χ2n) is 6.44. The summed E-state index contributed by atoms with van der Waals surface area (Å²) in [6, 6.07) is 3.23. The Morgan fingerprint density at radius 2 is 2.04 bits per heavy atom. The Kier molecular flexibility index (Phi) is 6.64. The summed E-state index contributed by atoms with van der Waals surface area (Å²) in [5.74, 6) is -0.405. The van der Waals surface area contributed by atoms with Gasteiger partial charge in [0.2, 0.25) is 11.8 Å². The third-order valence-electron chi connectivity index (χ3n) is 2.99. The van der Waals surface area contributed by atoms with Gasteiger partial charge in [-0.05, 0) is 26.8 Å². The van der Waals surface area contributed by atoms with Gasteiger partial charge >= 0.3 is 0 Å². The SMILES string of the molecule is CC(C)(C)OCCOc1ccc(C(=O)Nc2nc(CC(N)=O)cs2)cn1. The van der Waals surface area contributed by atoms with Crippen LogP contribution in [0.4, 0.5) is 5.13 Å². The minimum absolute atomic E-state index is 0.0406. The van der Waals surface area contributed by atoms with E-state index in [4.69, 9.17) is 15.2 Å². The number of pyridine rings is 1. The number of nitrogens with two attached hydrogens (primary N) is 1. The summed E-state index contributed by atoms with van der Waals surface area (Å²) in [5, 5.41) is 4.73. The number of ether oxygens (including phenoxy) is 2. The highest BCUT2D eigenvalue weighted by Gasteiger charge is 2.12. The molecule has 26 heavy (non-hydrogen) atoms. The molecular formula is C17H22N4O4S. The van der Waals surface area contributed by atoms with Gasteiger partial charge in [-0.3, -0.25) is 14.9 Å². The highest BCUT2D eigenvalue weighted by molar-refractivity contribution is 7.14. The van der Waals surface area contributed by atoms with Crippen molar-refractivity contribution >= 4 is 28.3 Å². The van der Waals surface area contributed by atoms with Crippen molar-refractivity contribution in [3.63, 3.8) is 0 Å². The van der Waals surface area contributed by atoms with E-state index >= 15 is 0 Å². The van der Waals surface area contributed by atoms with Gasteiger partial charge in [0.05, 0.1) is 29.9 Å². The summed E-state index contributed by atoms with van der Waals surface area (Å²) < 4.78 is 11.0. The molecule has 0 spiro atoms. The fourth-order valence-corrected chi connectivity index (χ4v) is 2.59. The maximum Gasteiger partial charge on any atom is 0.259 e. The van der Waals surface area contributed by atoms with Crippen molar-refractivity contribution in [1.82, 2.24) is 9.97 Å². The topological polar surface area (TPSA) is 116 Å². The first-order chi connectivity index (χ1) is 12.2. The van der Waals surface area contributed by atoms with Crippen molar-refractivity contribution in [1.29, 1.82) is 0 Å². The third-order valence-corrected chi connectivity index (χ3v) is 3.80. The van der Waals surface area contributed by atoms with Crippen LogP contribution in [-0.4, -0.2) is 40.6 Å². The molecule has 2 aromatic heterocycles. The molecule has 140 valence electrons. The molecule has 0 aliphatic heterocycles. The molecule has 0 bridgehead atoms. The molecule has 8 nitrogen and oxygen atoms in total. The zero-order valence-corrected chi connectivity index (χ0v) is 15.8. The number of amides is 2. The second-order valence-corrected chi connectivity index (χ2v) is 7.29. The molecule has 2 aromatic rings. The molecule has 9 heteroatoms. The molecular weight excluding hydrogens is 356 g/mol. The van der Waals surface area contributed by atoms with E-state index in [1.54, 1.807) is 17.5 Å². The standard InChI is InChI=1S/C17H22N4O4S/c1-17(2,3)25-7-6-24-14-5-4-11(9-19-14)15(23)21-16-20-12(10-26-16)8-13(18)22/h4-5,9-10H,6-8H2,1-3H3,(H2,18,22)(H,20,21,23). The maximum absolute atomic E-state index is 12.2. The van der Waals surface area contributed by atoms with Crippen LogP contribution in [-0.2, 0) is 16.0 Å². The quantitative estimate of drug-likeness (QED) is 0.679. The molecule has 0 unspecified atom stereocenters. The number of hydrogen-bond acceptors (Lipinski definition) is 7. The first kappa shape index (κ1) is 19.8. The molecule has 3 N–H and O–H groups in total. The minimum atomic E-state index is -0.471. The molecule has 2 rings (SSSR count). The average Bonchev–Trinajstić information content (AvgIpc) is 2.97.